The van der Waals surface area contributed by atoms with Crippen molar-refractivity contribution in [2.75, 3.05) is 0 Å². The van der Waals surface area contributed by atoms with E-state index in [4.69, 9.17) is 0 Å². The van der Waals surface area contributed by atoms with Gasteiger partial charge in [-0.05, 0) is 12.8 Å². The van der Waals surface area contributed by atoms with E-state index in [1.807, 2.05) is 0 Å². The Bertz CT molecular complexity index is 254. The minimum Gasteiger partial charge on any atom is -0.393 e. The summed E-state index contributed by atoms with van der Waals surface area (Å²) in [6.45, 7) is 2.27. The largest absolute Gasteiger partial charge is 0.393 e. The molecule has 0 bridgehead atoms. The summed E-state index contributed by atoms with van der Waals surface area (Å²) in [5.41, 5.74) is 0. The molecule has 2 atom stereocenters. The summed E-state index contributed by atoms with van der Waals surface area (Å²) >= 11 is 0. The summed E-state index contributed by atoms with van der Waals surface area (Å²) in [5.74, 6) is 0.360. The molecule has 0 heterocycles. The van der Waals surface area contributed by atoms with Crippen molar-refractivity contribution in [3.63, 3.8) is 0 Å². The Morgan fingerprint density at radius 3 is 2.16 bits per heavy atom. The van der Waals surface area contributed by atoms with E-state index in [0.29, 0.717) is 5.92 Å². The molecular weight excluding hydrogens is 232 g/mol. The van der Waals surface area contributed by atoms with E-state index in [1.165, 1.54) is 57.8 Å². The standard InChI is InChI=1S/C18H32O/c1-2-3-4-5-6-7-8-9-13-16-18(19)17-14-11-10-12-15-17/h10-12,14,17-19H,2-9,13,15-16H2,1H3/t17-,18+/m0/s1. The van der Waals surface area contributed by atoms with Gasteiger partial charge in [0, 0.05) is 5.92 Å². The molecule has 1 N–H and O–H groups in total. The quantitative estimate of drug-likeness (QED) is 0.495. The lowest BCUT2D eigenvalue weighted by Gasteiger charge is -2.19. The molecule has 110 valence electrons. The summed E-state index contributed by atoms with van der Waals surface area (Å²) in [5, 5.41) is 10.1. The maximum absolute atomic E-state index is 10.1. The second-order valence-corrected chi connectivity index (χ2v) is 5.90. The van der Waals surface area contributed by atoms with Crippen molar-refractivity contribution < 1.29 is 5.11 Å². The normalized spacial score (nSPS) is 19.8. The molecule has 0 aromatic rings. The maximum Gasteiger partial charge on any atom is 0.0605 e. The third-order valence-electron chi connectivity index (χ3n) is 4.11. The van der Waals surface area contributed by atoms with Gasteiger partial charge < -0.3 is 5.11 Å². The fourth-order valence-electron chi connectivity index (χ4n) is 2.76. The van der Waals surface area contributed by atoms with E-state index >= 15 is 0 Å². The topological polar surface area (TPSA) is 20.2 Å². The Morgan fingerprint density at radius 1 is 0.947 bits per heavy atom. The number of allylic oxidation sites excluding steroid dienone is 3. The van der Waals surface area contributed by atoms with Gasteiger partial charge in [0.15, 0.2) is 0 Å². The van der Waals surface area contributed by atoms with Gasteiger partial charge in [0.25, 0.3) is 0 Å². The van der Waals surface area contributed by atoms with Crippen LogP contribution in [-0.4, -0.2) is 11.2 Å². The summed E-state index contributed by atoms with van der Waals surface area (Å²) in [6.07, 6.45) is 22.5. The minimum absolute atomic E-state index is 0.134. The van der Waals surface area contributed by atoms with Gasteiger partial charge in [0.2, 0.25) is 0 Å². The van der Waals surface area contributed by atoms with Gasteiger partial charge in [-0.3, -0.25) is 0 Å². The van der Waals surface area contributed by atoms with Crippen molar-refractivity contribution in [2.45, 2.75) is 83.7 Å². The Kier molecular flexibility index (Phi) is 9.79. The van der Waals surface area contributed by atoms with Gasteiger partial charge in [-0.2, -0.15) is 0 Å². The van der Waals surface area contributed by atoms with Gasteiger partial charge in [0.1, 0.15) is 0 Å². The van der Waals surface area contributed by atoms with Crippen LogP contribution in [0.1, 0.15) is 77.6 Å². The molecule has 19 heavy (non-hydrogen) atoms. The fourth-order valence-corrected chi connectivity index (χ4v) is 2.76. The average molecular weight is 264 g/mol. The number of hydrogen-bond donors (Lipinski definition) is 1. The number of hydrogen-bond acceptors (Lipinski definition) is 1. The first-order valence-corrected chi connectivity index (χ1v) is 8.36. The third-order valence-corrected chi connectivity index (χ3v) is 4.11. The number of aliphatic hydroxyl groups excluding tert-OH is 1. The number of aliphatic hydroxyl groups is 1. The molecule has 1 rings (SSSR count). The monoisotopic (exact) mass is 264 g/mol. The van der Waals surface area contributed by atoms with Crippen LogP contribution < -0.4 is 0 Å². The molecule has 1 nitrogen and oxygen atoms in total. The second-order valence-electron chi connectivity index (χ2n) is 5.90. The first-order valence-electron chi connectivity index (χ1n) is 8.36. The van der Waals surface area contributed by atoms with Crippen molar-refractivity contribution in [1.82, 2.24) is 0 Å². The Balaban J connectivity index is 1.87. The van der Waals surface area contributed by atoms with Crippen LogP contribution in [0.2, 0.25) is 0 Å². The van der Waals surface area contributed by atoms with Crippen molar-refractivity contribution >= 4 is 0 Å². The Morgan fingerprint density at radius 2 is 1.58 bits per heavy atom. The molecule has 1 heteroatoms. The van der Waals surface area contributed by atoms with Gasteiger partial charge in [0.05, 0.1) is 6.10 Å². The molecular formula is C18H32O. The SMILES string of the molecule is CCCCCCCCCCC[C@@H](O)[C@H]1C=CC=CC1. The van der Waals surface area contributed by atoms with Crippen LogP contribution in [0.5, 0.6) is 0 Å². The van der Waals surface area contributed by atoms with Crippen LogP contribution in [0.25, 0.3) is 0 Å². The van der Waals surface area contributed by atoms with Crippen LogP contribution >= 0.6 is 0 Å². The molecule has 1 aliphatic rings. The van der Waals surface area contributed by atoms with E-state index in [1.54, 1.807) is 0 Å². The number of unbranched alkanes of at least 4 members (excludes halogenated alkanes) is 8. The lowest BCUT2D eigenvalue weighted by Crippen LogP contribution is -2.18. The highest BCUT2D eigenvalue weighted by Crippen LogP contribution is 2.20. The smallest absolute Gasteiger partial charge is 0.0605 e. The first kappa shape index (κ1) is 16.5. The molecule has 0 radical (unpaired) electrons. The van der Waals surface area contributed by atoms with Gasteiger partial charge in [-0.25, -0.2) is 0 Å². The van der Waals surface area contributed by atoms with Crippen molar-refractivity contribution in [3.8, 4) is 0 Å². The third kappa shape index (κ3) is 8.26. The molecule has 0 saturated carbocycles. The highest BCUT2D eigenvalue weighted by Gasteiger charge is 2.15. The van der Waals surface area contributed by atoms with E-state index in [0.717, 1.165) is 12.8 Å². The zero-order chi connectivity index (χ0) is 13.8. The fraction of sp³-hybridized carbons (Fsp3) is 0.778. The molecule has 0 spiro atoms. The second kappa shape index (κ2) is 11.3. The maximum atomic E-state index is 10.1. The lowest BCUT2D eigenvalue weighted by molar-refractivity contribution is 0.118. The molecule has 1 aliphatic carbocycles. The van der Waals surface area contributed by atoms with Crippen LogP contribution in [-0.2, 0) is 0 Å². The lowest BCUT2D eigenvalue weighted by atomic mass is 9.91. The van der Waals surface area contributed by atoms with Crippen LogP contribution in [0.15, 0.2) is 24.3 Å². The highest BCUT2D eigenvalue weighted by atomic mass is 16.3. The molecule has 0 aromatic heterocycles. The molecule has 0 fully saturated rings. The zero-order valence-corrected chi connectivity index (χ0v) is 12.7. The van der Waals surface area contributed by atoms with E-state index < -0.39 is 0 Å². The van der Waals surface area contributed by atoms with E-state index in [-0.39, 0.29) is 6.10 Å². The summed E-state index contributed by atoms with van der Waals surface area (Å²) < 4.78 is 0. The molecule has 0 amide bonds. The predicted octanol–water partition coefficient (Wildman–Crippen LogP) is 5.40. The minimum atomic E-state index is -0.134. The van der Waals surface area contributed by atoms with Crippen LogP contribution in [0, 0.1) is 5.92 Å². The van der Waals surface area contributed by atoms with Gasteiger partial charge in [-0.15, -0.1) is 0 Å². The van der Waals surface area contributed by atoms with E-state index in [9.17, 15) is 5.11 Å². The van der Waals surface area contributed by atoms with Crippen molar-refractivity contribution in [2.24, 2.45) is 5.92 Å². The highest BCUT2D eigenvalue weighted by molar-refractivity contribution is 5.11. The van der Waals surface area contributed by atoms with Crippen molar-refractivity contribution in [1.29, 1.82) is 0 Å². The average Bonchev–Trinajstić information content (AvgIpc) is 2.46. The summed E-state index contributed by atoms with van der Waals surface area (Å²) in [6, 6.07) is 0. The van der Waals surface area contributed by atoms with Crippen molar-refractivity contribution in [3.05, 3.63) is 24.3 Å². The zero-order valence-electron chi connectivity index (χ0n) is 12.7. The predicted molar refractivity (Wildman–Crippen MR) is 84.2 cm³/mol. The summed E-state index contributed by atoms with van der Waals surface area (Å²) in [4.78, 5) is 0. The van der Waals surface area contributed by atoms with Crippen LogP contribution in [0.3, 0.4) is 0 Å². The van der Waals surface area contributed by atoms with E-state index in [2.05, 4.69) is 31.2 Å². The first-order chi connectivity index (χ1) is 9.34. The Hall–Kier alpha value is -0.560. The Labute approximate surface area is 119 Å². The summed E-state index contributed by atoms with van der Waals surface area (Å²) in [7, 11) is 0. The van der Waals surface area contributed by atoms with Crippen LogP contribution in [0.4, 0.5) is 0 Å². The molecule has 0 saturated heterocycles. The number of rotatable bonds is 11. The molecule has 0 aromatic carbocycles. The molecule has 0 unspecified atom stereocenters. The molecule has 0 aliphatic heterocycles. The van der Waals surface area contributed by atoms with Gasteiger partial charge >= 0.3 is 0 Å². The van der Waals surface area contributed by atoms with Gasteiger partial charge in [-0.1, -0.05) is 89.0 Å².